The van der Waals surface area contributed by atoms with Crippen LogP contribution in [0.5, 0.6) is 0 Å². The van der Waals surface area contributed by atoms with E-state index in [-0.39, 0.29) is 5.56 Å². The quantitative estimate of drug-likeness (QED) is 0.768. The molecule has 0 aliphatic carbocycles. The van der Waals surface area contributed by atoms with Gasteiger partial charge in [0.15, 0.2) is 0 Å². The first-order valence-electron chi connectivity index (χ1n) is 7.16. The van der Waals surface area contributed by atoms with Gasteiger partial charge in [0.2, 0.25) is 5.91 Å². The molecule has 0 aliphatic rings. The molecule has 3 N–H and O–H groups in total. The Morgan fingerprint density at radius 1 is 1.26 bits per heavy atom. The van der Waals surface area contributed by atoms with Gasteiger partial charge in [-0.15, -0.1) is 0 Å². The molecule has 1 aromatic carbocycles. The van der Waals surface area contributed by atoms with Crippen molar-refractivity contribution in [1.82, 2.24) is 9.38 Å². The van der Waals surface area contributed by atoms with Crippen molar-refractivity contribution >= 4 is 17.2 Å². The SMILES string of the molecule is Cc1ccc(C(N)=O)cc1NCc1cc(=O)n2ccccc2n1. The number of nitrogens with zero attached hydrogens (tertiary/aromatic N) is 2. The summed E-state index contributed by atoms with van der Waals surface area (Å²) >= 11 is 0. The predicted octanol–water partition coefficient (Wildman–Crippen LogP) is 1.71. The minimum Gasteiger partial charge on any atom is -0.379 e. The molecular formula is C17H16N4O2. The highest BCUT2D eigenvalue weighted by molar-refractivity contribution is 5.94. The Labute approximate surface area is 132 Å². The molecule has 2 aromatic heterocycles. The van der Waals surface area contributed by atoms with Crippen LogP contribution >= 0.6 is 0 Å². The second-order valence-electron chi connectivity index (χ2n) is 5.26. The number of carbonyl (C=O) groups is 1. The zero-order valence-corrected chi connectivity index (χ0v) is 12.6. The van der Waals surface area contributed by atoms with Crippen molar-refractivity contribution in [3.8, 4) is 0 Å². The molecule has 3 aromatic rings. The van der Waals surface area contributed by atoms with Gasteiger partial charge in [-0.3, -0.25) is 14.0 Å². The Hall–Kier alpha value is -3.15. The predicted molar refractivity (Wildman–Crippen MR) is 88.5 cm³/mol. The Bertz CT molecular complexity index is 947. The van der Waals surface area contributed by atoms with E-state index in [4.69, 9.17) is 5.73 Å². The zero-order valence-electron chi connectivity index (χ0n) is 12.6. The maximum Gasteiger partial charge on any atom is 0.258 e. The fourth-order valence-corrected chi connectivity index (χ4v) is 2.35. The van der Waals surface area contributed by atoms with Crippen LogP contribution in [-0.4, -0.2) is 15.3 Å². The number of hydrogen-bond donors (Lipinski definition) is 2. The number of benzene rings is 1. The minimum absolute atomic E-state index is 0.130. The second kappa shape index (κ2) is 5.92. The van der Waals surface area contributed by atoms with Gasteiger partial charge < -0.3 is 11.1 Å². The highest BCUT2D eigenvalue weighted by atomic mass is 16.1. The van der Waals surface area contributed by atoms with E-state index < -0.39 is 5.91 Å². The third kappa shape index (κ3) is 3.06. The number of fused-ring (bicyclic) bond motifs is 1. The average Bonchev–Trinajstić information content (AvgIpc) is 2.54. The Balaban J connectivity index is 1.88. The van der Waals surface area contributed by atoms with Crippen molar-refractivity contribution in [2.24, 2.45) is 5.73 Å². The zero-order chi connectivity index (χ0) is 16.4. The van der Waals surface area contributed by atoms with Gasteiger partial charge in [0, 0.05) is 23.5 Å². The molecule has 0 saturated heterocycles. The Kier molecular flexibility index (Phi) is 3.80. The van der Waals surface area contributed by atoms with Crippen LogP contribution < -0.4 is 16.6 Å². The molecular weight excluding hydrogens is 292 g/mol. The molecule has 23 heavy (non-hydrogen) atoms. The van der Waals surface area contributed by atoms with Gasteiger partial charge in [-0.05, 0) is 36.8 Å². The molecule has 116 valence electrons. The van der Waals surface area contributed by atoms with Crippen LogP contribution in [0.25, 0.3) is 5.65 Å². The molecule has 6 nitrogen and oxygen atoms in total. The van der Waals surface area contributed by atoms with E-state index >= 15 is 0 Å². The largest absolute Gasteiger partial charge is 0.379 e. The van der Waals surface area contributed by atoms with Crippen LogP contribution in [0.1, 0.15) is 21.6 Å². The van der Waals surface area contributed by atoms with Crippen LogP contribution in [-0.2, 0) is 6.54 Å². The first-order chi connectivity index (χ1) is 11.0. The first-order valence-corrected chi connectivity index (χ1v) is 7.16. The average molecular weight is 308 g/mol. The van der Waals surface area contributed by atoms with E-state index in [9.17, 15) is 9.59 Å². The number of nitrogens with one attached hydrogen (secondary N) is 1. The number of amides is 1. The van der Waals surface area contributed by atoms with Gasteiger partial charge in [-0.25, -0.2) is 4.98 Å². The summed E-state index contributed by atoms with van der Waals surface area (Å²) in [6.07, 6.45) is 1.68. The second-order valence-corrected chi connectivity index (χ2v) is 5.26. The first kappa shape index (κ1) is 14.8. The Morgan fingerprint density at radius 3 is 2.87 bits per heavy atom. The maximum absolute atomic E-state index is 12.1. The molecule has 3 rings (SSSR count). The van der Waals surface area contributed by atoms with Crippen LogP contribution in [0.4, 0.5) is 5.69 Å². The van der Waals surface area contributed by atoms with Gasteiger partial charge >= 0.3 is 0 Å². The number of pyridine rings is 1. The van der Waals surface area contributed by atoms with Crippen LogP contribution in [0.2, 0.25) is 0 Å². The minimum atomic E-state index is -0.477. The van der Waals surface area contributed by atoms with E-state index in [1.165, 1.54) is 10.5 Å². The van der Waals surface area contributed by atoms with Crippen molar-refractivity contribution in [3.63, 3.8) is 0 Å². The standard InChI is InChI=1S/C17H16N4O2/c1-11-5-6-12(17(18)23)8-14(11)19-10-13-9-16(22)21-7-3-2-4-15(21)20-13/h2-9,19H,10H2,1H3,(H2,18,23). The summed E-state index contributed by atoms with van der Waals surface area (Å²) in [5, 5.41) is 3.20. The summed E-state index contributed by atoms with van der Waals surface area (Å²) in [5.41, 5.74) is 8.60. The smallest absolute Gasteiger partial charge is 0.258 e. The van der Waals surface area contributed by atoms with Crippen molar-refractivity contribution in [1.29, 1.82) is 0 Å². The normalized spacial score (nSPS) is 10.7. The lowest BCUT2D eigenvalue weighted by Crippen LogP contribution is -2.17. The summed E-state index contributed by atoms with van der Waals surface area (Å²) in [6.45, 7) is 2.31. The van der Waals surface area contributed by atoms with Crippen molar-refractivity contribution in [2.45, 2.75) is 13.5 Å². The topological polar surface area (TPSA) is 89.5 Å². The number of aryl methyl sites for hydroxylation is 1. The molecule has 0 saturated carbocycles. The third-order valence-electron chi connectivity index (χ3n) is 3.61. The number of hydrogen-bond acceptors (Lipinski definition) is 4. The van der Waals surface area contributed by atoms with Gasteiger partial charge in [-0.2, -0.15) is 0 Å². The molecule has 0 aliphatic heterocycles. The van der Waals surface area contributed by atoms with Crippen LogP contribution in [0.3, 0.4) is 0 Å². The Morgan fingerprint density at radius 2 is 2.09 bits per heavy atom. The number of rotatable bonds is 4. The van der Waals surface area contributed by atoms with Crippen molar-refractivity contribution in [2.75, 3.05) is 5.32 Å². The van der Waals surface area contributed by atoms with Crippen molar-refractivity contribution < 1.29 is 4.79 Å². The molecule has 0 bridgehead atoms. The molecule has 6 heteroatoms. The van der Waals surface area contributed by atoms with Gasteiger partial charge in [0.1, 0.15) is 5.65 Å². The third-order valence-corrected chi connectivity index (χ3v) is 3.61. The lowest BCUT2D eigenvalue weighted by molar-refractivity contribution is 0.100. The molecule has 1 amide bonds. The van der Waals surface area contributed by atoms with E-state index in [0.29, 0.717) is 23.4 Å². The number of anilines is 1. The molecule has 0 radical (unpaired) electrons. The highest BCUT2D eigenvalue weighted by Crippen LogP contribution is 2.17. The molecule has 0 unspecified atom stereocenters. The van der Waals surface area contributed by atoms with Gasteiger partial charge in [0.05, 0.1) is 12.2 Å². The summed E-state index contributed by atoms with van der Waals surface area (Å²) < 4.78 is 1.49. The van der Waals surface area contributed by atoms with E-state index in [0.717, 1.165) is 11.3 Å². The van der Waals surface area contributed by atoms with Gasteiger partial charge in [0.25, 0.3) is 5.56 Å². The lowest BCUT2D eigenvalue weighted by atomic mass is 10.1. The van der Waals surface area contributed by atoms with Crippen LogP contribution in [0, 0.1) is 6.92 Å². The lowest BCUT2D eigenvalue weighted by Gasteiger charge is -2.11. The summed E-state index contributed by atoms with van der Waals surface area (Å²) in [4.78, 5) is 27.8. The molecule has 0 spiro atoms. The molecule has 0 atom stereocenters. The fourth-order valence-electron chi connectivity index (χ4n) is 2.35. The highest BCUT2D eigenvalue weighted by Gasteiger charge is 2.06. The number of carbonyl (C=O) groups excluding carboxylic acids is 1. The monoisotopic (exact) mass is 308 g/mol. The van der Waals surface area contributed by atoms with E-state index in [1.807, 2.05) is 19.1 Å². The maximum atomic E-state index is 12.1. The number of primary amides is 1. The fraction of sp³-hybridized carbons (Fsp3) is 0.118. The number of nitrogens with two attached hydrogens (primary N) is 1. The van der Waals surface area contributed by atoms with Crippen molar-refractivity contribution in [3.05, 3.63) is 75.8 Å². The van der Waals surface area contributed by atoms with Gasteiger partial charge in [-0.1, -0.05) is 12.1 Å². The summed E-state index contributed by atoms with van der Waals surface area (Å²) in [7, 11) is 0. The molecule has 2 heterocycles. The van der Waals surface area contributed by atoms with E-state index in [1.54, 1.807) is 30.5 Å². The molecule has 0 fully saturated rings. The number of aromatic nitrogens is 2. The van der Waals surface area contributed by atoms with E-state index in [2.05, 4.69) is 10.3 Å². The van der Waals surface area contributed by atoms with Crippen LogP contribution in [0.15, 0.2) is 53.5 Å². The summed E-state index contributed by atoms with van der Waals surface area (Å²) in [5.74, 6) is -0.477. The summed E-state index contributed by atoms with van der Waals surface area (Å²) in [6, 6.07) is 12.1.